The Balaban J connectivity index is 1.73. The van der Waals surface area contributed by atoms with Crippen LogP contribution in [-0.4, -0.2) is 29.6 Å². The van der Waals surface area contributed by atoms with E-state index in [1.165, 1.54) is 44.3 Å². The molecule has 0 radical (unpaired) electrons. The van der Waals surface area contributed by atoms with Crippen molar-refractivity contribution in [2.24, 2.45) is 5.92 Å². The molecule has 0 bridgehead atoms. The van der Waals surface area contributed by atoms with Gasteiger partial charge in [-0.3, -0.25) is 4.90 Å². The van der Waals surface area contributed by atoms with Crippen LogP contribution >= 0.6 is 11.3 Å². The van der Waals surface area contributed by atoms with Gasteiger partial charge in [-0.05, 0) is 54.5 Å². The molecule has 2 fully saturated rings. The highest BCUT2D eigenvalue weighted by Gasteiger charge is 2.47. The molecule has 0 spiro atoms. The number of hydrogen-bond acceptors (Lipinski definition) is 3. The van der Waals surface area contributed by atoms with Gasteiger partial charge in [0.25, 0.3) is 0 Å². The summed E-state index contributed by atoms with van der Waals surface area (Å²) in [4.78, 5) is 2.77. The van der Waals surface area contributed by atoms with E-state index in [9.17, 15) is 0 Å². The zero-order valence-electron chi connectivity index (χ0n) is 12.2. The zero-order valence-corrected chi connectivity index (χ0v) is 13.0. The Labute approximate surface area is 121 Å². The lowest BCUT2D eigenvalue weighted by atomic mass is 9.88. The first-order valence-electron chi connectivity index (χ1n) is 7.72. The molecule has 1 saturated carbocycles. The van der Waals surface area contributed by atoms with Crippen molar-refractivity contribution >= 4 is 11.3 Å². The minimum atomic E-state index is 0.381. The van der Waals surface area contributed by atoms with E-state index in [0.29, 0.717) is 11.6 Å². The second-order valence-corrected chi connectivity index (χ2v) is 7.29. The Bertz CT molecular complexity index is 399. The molecule has 3 rings (SSSR count). The third-order valence-electron chi connectivity index (χ3n) is 4.96. The minimum Gasteiger partial charge on any atom is -0.311 e. The predicted molar refractivity (Wildman–Crippen MR) is 82.6 cm³/mol. The lowest BCUT2D eigenvalue weighted by molar-refractivity contribution is 0.0261. The van der Waals surface area contributed by atoms with Crippen molar-refractivity contribution in [2.75, 3.05) is 13.1 Å². The van der Waals surface area contributed by atoms with Crippen molar-refractivity contribution in [1.29, 1.82) is 0 Å². The standard InChI is InChI=1S/C16H26N2S/c1-3-4-15-10-18(9-13-7-8-19-11-13)16(2,12-17-15)14-5-6-14/h7-8,11,14-15,17H,3-6,9-10,12H2,1-2H3. The average Bonchev–Trinajstić information content (AvgIpc) is 3.14. The van der Waals surface area contributed by atoms with Crippen molar-refractivity contribution in [3.05, 3.63) is 22.4 Å². The second-order valence-electron chi connectivity index (χ2n) is 6.51. The topological polar surface area (TPSA) is 15.3 Å². The fraction of sp³-hybridized carbons (Fsp3) is 0.750. The van der Waals surface area contributed by atoms with Crippen molar-refractivity contribution in [3.63, 3.8) is 0 Å². The van der Waals surface area contributed by atoms with Crippen LogP contribution in [0.5, 0.6) is 0 Å². The summed E-state index contributed by atoms with van der Waals surface area (Å²) in [6.45, 7) is 8.30. The largest absolute Gasteiger partial charge is 0.311 e. The fourth-order valence-corrected chi connectivity index (χ4v) is 4.16. The fourth-order valence-electron chi connectivity index (χ4n) is 3.50. The van der Waals surface area contributed by atoms with E-state index in [0.717, 1.165) is 12.5 Å². The van der Waals surface area contributed by atoms with Crippen LogP contribution in [0.3, 0.4) is 0 Å². The van der Waals surface area contributed by atoms with Crippen LogP contribution < -0.4 is 5.32 Å². The van der Waals surface area contributed by atoms with E-state index in [1.54, 1.807) is 0 Å². The quantitative estimate of drug-likeness (QED) is 0.887. The molecule has 106 valence electrons. The molecule has 2 atom stereocenters. The summed E-state index contributed by atoms with van der Waals surface area (Å²) in [5, 5.41) is 8.32. The number of hydrogen-bond donors (Lipinski definition) is 1. The Morgan fingerprint density at radius 2 is 2.32 bits per heavy atom. The monoisotopic (exact) mass is 278 g/mol. The number of nitrogens with zero attached hydrogens (tertiary/aromatic N) is 1. The van der Waals surface area contributed by atoms with Gasteiger partial charge in [-0.25, -0.2) is 0 Å². The first kappa shape index (κ1) is 13.6. The van der Waals surface area contributed by atoms with Crippen molar-refractivity contribution in [2.45, 2.75) is 57.7 Å². The zero-order chi connectivity index (χ0) is 13.3. The van der Waals surface area contributed by atoms with Gasteiger partial charge in [-0.15, -0.1) is 0 Å². The molecule has 0 aromatic carbocycles. The molecule has 1 aromatic heterocycles. The molecule has 1 N–H and O–H groups in total. The molecule has 3 heteroatoms. The smallest absolute Gasteiger partial charge is 0.0338 e. The van der Waals surface area contributed by atoms with Gasteiger partial charge in [0.05, 0.1) is 0 Å². The third-order valence-corrected chi connectivity index (χ3v) is 5.69. The molecular formula is C16H26N2S. The number of rotatable bonds is 5. The molecule has 2 unspecified atom stereocenters. The van der Waals surface area contributed by atoms with Crippen molar-refractivity contribution in [3.8, 4) is 0 Å². The Kier molecular flexibility index (Phi) is 3.97. The minimum absolute atomic E-state index is 0.381. The van der Waals surface area contributed by atoms with Crippen LogP contribution in [0.15, 0.2) is 16.8 Å². The van der Waals surface area contributed by atoms with Crippen molar-refractivity contribution in [1.82, 2.24) is 10.2 Å². The molecule has 1 aliphatic heterocycles. The molecule has 2 nitrogen and oxygen atoms in total. The molecule has 1 saturated heterocycles. The van der Waals surface area contributed by atoms with Crippen LogP contribution in [0.4, 0.5) is 0 Å². The lowest BCUT2D eigenvalue weighted by Gasteiger charge is -2.49. The number of piperazine rings is 1. The summed E-state index contributed by atoms with van der Waals surface area (Å²) in [7, 11) is 0. The first-order valence-corrected chi connectivity index (χ1v) is 8.66. The van der Waals surface area contributed by atoms with Gasteiger partial charge < -0.3 is 5.32 Å². The second kappa shape index (κ2) is 5.55. The maximum atomic E-state index is 3.80. The number of thiophene rings is 1. The van der Waals surface area contributed by atoms with Crippen LogP contribution in [-0.2, 0) is 6.54 Å². The van der Waals surface area contributed by atoms with Crippen LogP contribution in [0.1, 0.15) is 45.1 Å². The molecule has 1 aliphatic carbocycles. The molecule has 0 amide bonds. The highest BCUT2D eigenvalue weighted by molar-refractivity contribution is 7.07. The first-order chi connectivity index (χ1) is 9.22. The summed E-state index contributed by atoms with van der Waals surface area (Å²) in [5.74, 6) is 0.918. The van der Waals surface area contributed by atoms with Gasteiger partial charge >= 0.3 is 0 Å². The van der Waals surface area contributed by atoms with E-state index in [4.69, 9.17) is 0 Å². The number of nitrogens with one attached hydrogen (secondary N) is 1. The molecule has 2 heterocycles. The Hall–Kier alpha value is -0.380. The van der Waals surface area contributed by atoms with Gasteiger partial charge in [-0.2, -0.15) is 11.3 Å². The average molecular weight is 278 g/mol. The summed E-state index contributed by atoms with van der Waals surface area (Å²) >= 11 is 1.82. The highest BCUT2D eigenvalue weighted by Crippen LogP contribution is 2.44. The maximum Gasteiger partial charge on any atom is 0.0338 e. The Morgan fingerprint density at radius 1 is 1.47 bits per heavy atom. The van der Waals surface area contributed by atoms with Gasteiger partial charge in [-0.1, -0.05) is 13.3 Å². The van der Waals surface area contributed by atoms with E-state index >= 15 is 0 Å². The normalized spacial score (nSPS) is 32.6. The SMILES string of the molecule is CCCC1CN(Cc2ccsc2)C(C)(C2CC2)CN1. The van der Waals surface area contributed by atoms with E-state index < -0.39 is 0 Å². The van der Waals surface area contributed by atoms with E-state index in [2.05, 4.69) is 40.9 Å². The van der Waals surface area contributed by atoms with Crippen LogP contribution in [0.25, 0.3) is 0 Å². The summed E-state index contributed by atoms with van der Waals surface area (Å²) in [6.07, 6.45) is 5.44. The molecule has 1 aromatic rings. The third kappa shape index (κ3) is 2.88. The summed E-state index contributed by atoms with van der Waals surface area (Å²) in [6, 6.07) is 2.98. The van der Waals surface area contributed by atoms with E-state index in [-0.39, 0.29) is 0 Å². The summed E-state index contributed by atoms with van der Waals surface area (Å²) in [5.41, 5.74) is 1.88. The van der Waals surface area contributed by atoms with Gasteiger partial charge in [0.15, 0.2) is 0 Å². The van der Waals surface area contributed by atoms with Gasteiger partial charge in [0.1, 0.15) is 0 Å². The van der Waals surface area contributed by atoms with Crippen molar-refractivity contribution < 1.29 is 0 Å². The highest BCUT2D eigenvalue weighted by atomic mass is 32.1. The molecular weight excluding hydrogens is 252 g/mol. The maximum absolute atomic E-state index is 3.80. The van der Waals surface area contributed by atoms with Gasteiger partial charge in [0.2, 0.25) is 0 Å². The predicted octanol–water partition coefficient (Wildman–Crippen LogP) is 3.49. The lowest BCUT2D eigenvalue weighted by Crippen LogP contribution is -2.63. The Morgan fingerprint density at radius 3 is 2.95 bits per heavy atom. The molecule has 19 heavy (non-hydrogen) atoms. The summed E-state index contributed by atoms with van der Waals surface area (Å²) < 4.78 is 0. The van der Waals surface area contributed by atoms with Gasteiger partial charge in [0, 0.05) is 31.2 Å². The molecule has 2 aliphatic rings. The van der Waals surface area contributed by atoms with Crippen LogP contribution in [0, 0.1) is 5.92 Å². The van der Waals surface area contributed by atoms with E-state index in [1.807, 2.05) is 11.3 Å². The van der Waals surface area contributed by atoms with Crippen LogP contribution in [0.2, 0.25) is 0 Å².